The van der Waals surface area contributed by atoms with Crippen LogP contribution in [0, 0.1) is 0 Å². The van der Waals surface area contributed by atoms with Gasteiger partial charge < -0.3 is 0 Å². The summed E-state index contributed by atoms with van der Waals surface area (Å²) in [4.78, 5) is 9.14. The quantitative estimate of drug-likeness (QED) is 0.744. The van der Waals surface area contributed by atoms with Crippen molar-refractivity contribution in [1.82, 2.24) is 9.97 Å². The Hall–Kier alpha value is -1.15. The highest BCUT2D eigenvalue weighted by molar-refractivity contribution is 6.30. The van der Waals surface area contributed by atoms with Gasteiger partial charge in [-0.2, -0.15) is 0 Å². The molecule has 2 aromatic rings. The van der Waals surface area contributed by atoms with E-state index in [1.807, 2.05) is 6.07 Å². The molecule has 0 aliphatic rings. The minimum absolute atomic E-state index is 0.0883. The lowest BCUT2D eigenvalue weighted by molar-refractivity contribution is 0.569. The lowest BCUT2D eigenvalue weighted by Gasteiger charge is -2.19. The van der Waals surface area contributed by atoms with Crippen LogP contribution in [-0.4, -0.2) is 9.97 Å². The first-order valence-corrected chi connectivity index (χ1v) is 6.64. The van der Waals surface area contributed by atoms with E-state index >= 15 is 0 Å². The van der Waals surface area contributed by atoms with Crippen LogP contribution in [0.4, 0.5) is 0 Å². The van der Waals surface area contributed by atoms with Crippen LogP contribution in [0.3, 0.4) is 0 Å². The van der Waals surface area contributed by atoms with Gasteiger partial charge in [-0.3, -0.25) is 0 Å². The molecule has 0 aliphatic heterocycles. The van der Waals surface area contributed by atoms with Gasteiger partial charge in [-0.15, -0.1) is 0 Å². The zero-order valence-corrected chi connectivity index (χ0v) is 12.3. The van der Waals surface area contributed by atoms with Crippen molar-refractivity contribution in [3.05, 3.63) is 34.6 Å². The maximum absolute atomic E-state index is 6.25. The highest BCUT2D eigenvalue weighted by Crippen LogP contribution is 2.29. The van der Waals surface area contributed by atoms with Crippen molar-refractivity contribution in [3.63, 3.8) is 0 Å². The zero-order chi connectivity index (χ0) is 13.5. The molecule has 96 valence electrons. The van der Waals surface area contributed by atoms with E-state index in [-0.39, 0.29) is 5.41 Å². The molecule has 0 saturated heterocycles. The number of nitrogens with zero attached hydrogens (tertiary/aromatic N) is 2. The van der Waals surface area contributed by atoms with Crippen molar-refractivity contribution in [2.75, 3.05) is 0 Å². The SMILES string of the molecule is CC(C)c1ccc2nc(C(C)(C)C)c(Cl)nc2c1. The molecule has 1 heterocycles. The predicted octanol–water partition coefficient (Wildman–Crippen LogP) is 4.70. The lowest BCUT2D eigenvalue weighted by atomic mass is 9.92. The first-order valence-electron chi connectivity index (χ1n) is 6.26. The van der Waals surface area contributed by atoms with E-state index in [0.29, 0.717) is 11.1 Å². The molecule has 18 heavy (non-hydrogen) atoms. The zero-order valence-electron chi connectivity index (χ0n) is 11.6. The number of fused-ring (bicyclic) bond motifs is 1. The summed E-state index contributed by atoms with van der Waals surface area (Å²) in [7, 11) is 0. The number of halogens is 1. The number of hydrogen-bond donors (Lipinski definition) is 0. The van der Waals surface area contributed by atoms with Crippen LogP contribution in [0.25, 0.3) is 11.0 Å². The number of aromatic nitrogens is 2. The summed E-state index contributed by atoms with van der Waals surface area (Å²) in [6.45, 7) is 10.6. The highest BCUT2D eigenvalue weighted by atomic mass is 35.5. The Bertz CT molecular complexity index is 583. The first-order chi connectivity index (χ1) is 8.29. The second kappa shape index (κ2) is 4.51. The summed E-state index contributed by atoms with van der Waals surface area (Å²) in [5, 5.41) is 0.510. The van der Waals surface area contributed by atoms with Gasteiger partial charge in [0.15, 0.2) is 5.15 Å². The Kier molecular flexibility index (Phi) is 3.33. The van der Waals surface area contributed by atoms with Crippen LogP contribution in [-0.2, 0) is 5.41 Å². The maximum Gasteiger partial charge on any atom is 0.151 e. The molecule has 0 spiro atoms. The van der Waals surface area contributed by atoms with E-state index in [1.54, 1.807) is 0 Å². The second-order valence-electron chi connectivity index (χ2n) is 6.02. The molecule has 3 heteroatoms. The minimum atomic E-state index is -0.0883. The van der Waals surface area contributed by atoms with E-state index in [4.69, 9.17) is 11.6 Å². The molecule has 0 radical (unpaired) electrons. The van der Waals surface area contributed by atoms with Crippen molar-refractivity contribution < 1.29 is 0 Å². The summed E-state index contributed by atoms with van der Waals surface area (Å²) < 4.78 is 0. The van der Waals surface area contributed by atoms with Crippen LogP contribution in [0.2, 0.25) is 5.15 Å². The average Bonchev–Trinajstić information content (AvgIpc) is 2.25. The molecule has 0 saturated carbocycles. The third-order valence-electron chi connectivity index (χ3n) is 3.02. The van der Waals surface area contributed by atoms with Crippen LogP contribution in [0.1, 0.15) is 51.8 Å². The van der Waals surface area contributed by atoms with Crippen molar-refractivity contribution in [3.8, 4) is 0 Å². The van der Waals surface area contributed by atoms with Gasteiger partial charge in [0, 0.05) is 5.41 Å². The second-order valence-corrected chi connectivity index (χ2v) is 6.37. The van der Waals surface area contributed by atoms with Gasteiger partial charge in [-0.25, -0.2) is 9.97 Å². The van der Waals surface area contributed by atoms with Crippen LogP contribution < -0.4 is 0 Å². The average molecular weight is 263 g/mol. The molecule has 1 aromatic carbocycles. The molecule has 0 fully saturated rings. The molecule has 0 atom stereocenters. The van der Waals surface area contributed by atoms with E-state index in [1.165, 1.54) is 5.56 Å². The Balaban J connectivity index is 2.64. The van der Waals surface area contributed by atoms with Crippen molar-refractivity contribution in [2.24, 2.45) is 0 Å². The van der Waals surface area contributed by atoms with Gasteiger partial charge >= 0.3 is 0 Å². The standard InChI is InChI=1S/C15H19ClN2/c1-9(2)10-6-7-11-12(8-10)18-14(16)13(17-11)15(3,4)5/h6-9H,1-5H3. The lowest BCUT2D eigenvalue weighted by Crippen LogP contribution is -2.15. The van der Waals surface area contributed by atoms with Crippen LogP contribution >= 0.6 is 11.6 Å². The van der Waals surface area contributed by atoms with Gasteiger partial charge in [0.25, 0.3) is 0 Å². The summed E-state index contributed by atoms with van der Waals surface area (Å²) in [6.07, 6.45) is 0. The van der Waals surface area contributed by atoms with E-state index in [0.717, 1.165) is 16.7 Å². The maximum atomic E-state index is 6.25. The first kappa shape index (κ1) is 13.3. The van der Waals surface area contributed by atoms with E-state index in [9.17, 15) is 0 Å². The number of hydrogen-bond acceptors (Lipinski definition) is 2. The van der Waals surface area contributed by atoms with Crippen LogP contribution in [0.5, 0.6) is 0 Å². The summed E-state index contributed by atoms with van der Waals surface area (Å²) in [6, 6.07) is 6.22. The molecular weight excluding hydrogens is 244 g/mol. The summed E-state index contributed by atoms with van der Waals surface area (Å²) in [5.41, 5.74) is 3.81. The van der Waals surface area contributed by atoms with Gasteiger partial charge in [0.05, 0.1) is 16.7 Å². The molecule has 0 amide bonds. The fourth-order valence-electron chi connectivity index (χ4n) is 1.89. The Morgan fingerprint density at radius 3 is 2.28 bits per heavy atom. The molecule has 2 rings (SSSR count). The minimum Gasteiger partial charge on any atom is -0.247 e. The Morgan fingerprint density at radius 2 is 1.72 bits per heavy atom. The van der Waals surface area contributed by atoms with Gasteiger partial charge in [-0.1, -0.05) is 52.3 Å². The normalized spacial score (nSPS) is 12.4. The largest absolute Gasteiger partial charge is 0.247 e. The number of rotatable bonds is 1. The van der Waals surface area contributed by atoms with Crippen LogP contribution in [0.15, 0.2) is 18.2 Å². The molecule has 0 bridgehead atoms. The fraction of sp³-hybridized carbons (Fsp3) is 0.467. The number of benzene rings is 1. The predicted molar refractivity (Wildman–Crippen MR) is 77.3 cm³/mol. The molecule has 1 aromatic heterocycles. The molecule has 0 N–H and O–H groups in total. The topological polar surface area (TPSA) is 25.8 Å². The van der Waals surface area contributed by atoms with E-state index < -0.39 is 0 Å². The summed E-state index contributed by atoms with van der Waals surface area (Å²) >= 11 is 6.25. The van der Waals surface area contributed by atoms with Crippen molar-refractivity contribution in [2.45, 2.75) is 46.0 Å². The summed E-state index contributed by atoms with van der Waals surface area (Å²) in [5.74, 6) is 0.484. The highest BCUT2D eigenvalue weighted by Gasteiger charge is 2.21. The van der Waals surface area contributed by atoms with Gasteiger partial charge in [-0.05, 0) is 23.6 Å². The third kappa shape index (κ3) is 2.49. The van der Waals surface area contributed by atoms with Crippen molar-refractivity contribution in [1.29, 1.82) is 0 Å². The van der Waals surface area contributed by atoms with Gasteiger partial charge in [0.2, 0.25) is 0 Å². The molecule has 0 unspecified atom stereocenters. The Labute approximate surface area is 113 Å². The molecule has 0 aliphatic carbocycles. The van der Waals surface area contributed by atoms with E-state index in [2.05, 4.69) is 56.7 Å². The van der Waals surface area contributed by atoms with Gasteiger partial charge in [0.1, 0.15) is 0 Å². The molecular formula is C15H19ClN2. The Morgan fingerprint density at radius 1 is 1.06 bits per heavy atom. The monoisotopic (exact) mass is 262 g/mol. The smallest absolute Gasteiger partial charge is 0.151 e. The fourth-order valence-corrected chi connectivity index (χ4v) is 2.30. The third-order valence-corrected chi connectivity index (χ3v) is 3.29. The molecule has 2 nitrogen and oxygen atoms in total. The van der Waals surface area contributed by atoms with Crippen molar-refractivity contribution >= 4 is 22.6 Å².